The maximum atomic E-state index is 5.27. The third-order valence-corrected chi connectivity index (χ3v) is 4.26. The molecule has 1 N–H and O–H groups in total. The molecule has 0 spiro atoms. The number of para-hydroxylation sites is 2. The normalized spacial score (nSPS) is 10.9. The maximum Gasteiger partial charge on any atom is 0.287 e. The minimum Gasteiger partial charge on any atom is -0.497 e. The number of imidazole rings is 1. The number of aromatic nitrogens is 2. The van der Waals surface area contributed by atoms with Crippen LogP contribution in [0.4, 0.5) is 0 Å². The highest BCUT2D eigenvalue weighted by Crippen LogP contribution is 2.22. The van der Waals surface area contributed by atoms with Gasteiger partial charge >= 0.3 is 0 Å². The van der Waals surface area contributed by atoms with Crippen LogP contribution in [0.2, 0.25) is 0 Å². The van der Waals surface area contributed by atoms with Crippen molar-refractivity contribution in [2.24, 2.45) is 0 Å². The lowest BCUT2D eigenvalue weighted by Gasteiger charge is -2.04. The molecule has 0 unspecified atom stereocenters. The molecule has 0 aliphatic rings. The first-order valence-electron chi connectivity index (χ1n) is 8.04. The Morgan fingerprint density at radius 3 is 2.29 bits per heavy atom. The van der Waals surface area contributed by atoms with Gasteiger partial charge in [-0.15, -0.1) is 0 Å². The molecule has 3 heteroatoms. The van der Waals surface area contributed by atoms with Crippen molar-refractivity contribution in [1.29, 1.82) is 0 Å². The fraction of sp³-hybridized carbons (Fsp3) is 0.0952. The van der Waals surface area contributed by atoms with E-state index in [0.29, 0.717) is 0 Å². The number of nitrogens with one attached hydrogen (secondary N) is 1. The van der Waals surface area contributed by atoms with E-state index in [0.717, 1.165) is 29.2 Å². The van der Waals surface area contributed by atoms with Gasteiger partial charge in [0.25, 0.3) is 5.82 Å². The summed E-state index contributed by atoms with van der Waals surface area (Å²) < 4.78 is 7.60. The second kappa shape index (κ2) is 6.20. The molecular formula is C21H19N2O+. The fourth-order valence-corrected chi connectivity index (χ4v) is 3.04. The molecule has 4 rings (SSSR count). The number of nitrogens with zero attached hydrogens (tertiary/aromatic N) is 1. The average molecular weight is 315 g/mol. The average Bonchev–Trinajstić information content (AvgIpc) is 3.01. The molecule has 3 aromatic carbocycles. The fourth-order valence-electron chi connectivity index (χ4n) is 3.04. The van der Waals surface area contributed by atoms with Crippen LogP contribution in [0.1, 0.15) is 5.56 Å². The van der Waals surface area contributed by atoms with E-state index in [4.69, 9.17) is 4.74 Å². The smallest absolute Gasteiger partial charge is 0.287 e. The summed E-state index contributed by atoms with van der Waals surface area (Å²) in [6.45, 7) is 0.826. The summed E-state index contributed by atoms with van der Waals surface area (Å²) in [4.78, 5) is 3.56. The number of hydrogen-bond donors (Lipinski definition) is 1. The Balaban J connectivity index is 1.85. The highest BCUT2D eigenvalue weighted by Gasteiger charge is 2.20. The zero-order valence-corrected chi connectivity index (χ0v) is 13.6. The number of H-pyrrole nitrogens is 1. The number of aromatic amines is 1. The summed E-state index contributed by atoms with van der Waals surface area (Å²) in [5.41, 5.74) is 4.76. The van der Waals surface area contributed by atoms with Crippen LogP contribution in [-0.4, -0.2) is 12.1 Å². The zero-order valence-electron chi connectivity index (χ0n) is 13.6. The molecule has 0 saturated heterocycles. The predicted octanol–water partition coefficient (Wildman–Crippen LogP) is 4.18. The van der Waals surface area contributed by atoms with Crippen molar-refractivity contribution in [3.63, 3.8) is 0 Å². The monoisotopic (exact) mass is 315 g/mol. The SMILES string of the molecule is COc1ccc(-c2[nH]c3ccccc3[n+]2Cc2ccccc2)cc1. The minimum absolute atomic E-state index is 0.826. The lowest BCUT2D eigenvalue weighted by atomic mass is 10.2. The Bertz CT molecular complexity index is 956. The van der Waals surface area contributed by atoms with Crippen molar-refractivity contribution < 1.29 is 9.30 Å². The van der Waals surface area contributed by atoms with Gasteiger partial charge in [-0.3, -0.25) is 0 Å². The van der Waals surface area contributed by atoms with Gasteiger partial charge in [-0.25, -0.2) is 9.55 Å². The Hall–Kier alpha value is -3.07. The molecular weight excluding hydrogens is 296 g/mol. The van der Waals surface area contributed by atoms with E-state index < -0.39 is 0 Å². The first-order valence-corrected chi connectivity index (χ1v) is 8.04. The van der Waals surface area contributed by atoms with Crippen LogP contribution in [0.15, 0.2) is 78.9 Å². The number of hydrogen-bond acceptors (Lipinski definition) is 1. The highest BCUT2D eigenvalue weighted by molar-refractivity contribution is 5.74. The van der Waals surface area contributed by atoms with E-state index in [9.17, 15) is 0 Å². The molecule has 1 aromatic heterocycles. The minimum atomic E-state index is 0.826. The molecule has 0 atom stereocenters. The van der Waals surface area contributed by atoms with E-state index in [-0.39, 0.29) is 0 Å². The summed E-state index contributed by atoms with van der Waals surface area (Å²) in [5.74, 6) is 1.96. The molecule has 0 bridgehead atoms. The van der Waals surface area contributed by atoms with Crippen molar-refractivity contribution in [2.75, 3.05) is 7.11 Å². The largest absolute Gasteiger partial charge is 0.497 e. The molecule has 0 fully saturated rings. The zero-order chi connectivity index (χ0) is 16.4. The van der Waals surface area contributed by atoms with E-state index >= 15 is 0 Å². The van der Waals surface area contributed by atoms with E-state index in [1.54, 1.807) is 7.11 Å². The first-order chi connectivity index (χ1) is 11.8. The van der Waals surface area contributed by atoms with Crippen LogP contribution in [0.5, 0.6) is 5.75 Å². The van der Waals surface area contributed by atoms with Crippen molar-refractivity contribution in [1.82, 2.24) is 4.98 Å². The predicted molar refractivity (Wildman–Crippen MR) is 96.0 cm³/mol. The van der Waals surface area contributed by atoms with Crippen LogP contribution in [-0.2, 0) is 6.54 Å². The van der Waals surface area contributed by atoms with Crippen molar-refractivity contribution >= 4 is 11.0 Å². The van der Waals surface area contributed by atoms with Gasteiger partial charge in [0, 0.05) is 0 Å². The van der Waals surface area contributed by atoms with Crippen LogP contribution < -0.4 is 9.30 Å². The number of benzene rings is 3. The molecule has 0 amide bonds. The third-order valence-electron chi connectivity index (χ3n) is 4.26. The van der Waals surface area contributed by atoms with Crippen molar-refractivity contribution in [3.8, 4) is 17.1 Å². The molecule has 4 aromatic rings. The van der Waals surface area contributed by atoms with E-state index in [2.05, 4.69) is 70.2 Å². The molecule has 0 aliphatic heterocycles. The third kappa shape index (κ3) is 2.65. The van der Waals surface area contributed by atoms with Crippen molar-refractivity contribution in [2.45, 2.75) is 6.54 Å². The van der Waals surface area contributed by atoms with Crippen LogP contribution in [0, 0.1) is 0 Å². The second-order valence-electron chi connectivity index (χ2n) is 5.79. The van der Waals surface area contributed by atoms with E-state index in [1.807, 2.05) is 18.2 Å². The summed E-state index contributed by atoms with van der Waals surface area (Å²) >= 11 is 0. The molecule has 0 saturated carbocycles. The summed E-state index contributed by atoms with van der Waals surface area (Å²) in [6.07, 6.45) is 0. The Kier molecular flexibility index (Phi) is 3.75. The quantitative estimate of drug-likeness (QED) is 0.562. The van der Waals surface area contributed by atoms with Crippen LogP contribution in [0.25, 0.3) is 22.4 Å². The first kappa shape index (κ1) is 14.5. The molecule has 3 nitrogen and oxygen atoms in total. The van der Waals surface area contributed by atoms with Crippen LogP contribution in [0.3, 0.4) is 0 Å². The second-order valence-corrected chi connectivity index (χ2v) is 5.79. The van der Waals surface area contributed by atoms with Gasteiger partial charge in [-0.05, 0) is 42.0 Å². The van der Waals surface area contributed by atoms with Crippen LogP contribution >= 0.6 is 0 Å². The standard InChI is InChI=1S/C21H18N2O/c1-24-18-13-11-17(12-14-18)21-22-19-9-5-6-10-20(19)23(21)15-16-7-3-2-4-8-16/h2-14H,15H2,1H3/p+1. The van der Waals surface area contributed by atoms with Gasteiger partial charge < -0.3 is 4.74 Å². The maximum absolute atomic E-state index is 5.27. The number of rotatable bonds is 4. The van der Waals surface area contributed by atoms with E-state index in [1.165, 1.54) is 11.1 Å². The summed E-state index contributed by atoms with van der Waals surface area (Å²) in [5, 5.41) is 0. The van der Waals surface area contributed by atoms with Gasteiger partial charge in [0.05, 0.1) is 12.7 Å². The molecule has 24 heavy (non-hydrogen) atoms. The lowest BCUT2D eigenvalue weighted by Crippen LogP contribution is -2.35. The highest BCUT2D eigenvalue weighted by atomic mass is 16.5. The number of methoxy groups -OCH3 is 1. The molecule has 1 heterocycles. The molecule has 0 aliphatic carbocycles. The molecule has 0 radical (unpaired) electrons. The number of ether oxygens (including phenoxy) is 1. The Labute approximate surface area is 141 Å². The van der Waals surface area contributed by atoms with Gasteiger partial charge in [-0.2, -0.15) is 0 Å². The Morgan fingerprint density at radius 2 is 1.54 bits per heavy atom. The topological polar surface area (TPSA) is 28.9 Å². The summed E-state index contributed by atoms with van der Waals surface area (Å²) in [6, 6.07) is 27.1. The summed E-state index contributed by atoms with van der Waals surface area (Å²) in [7, 11) is 1.69. The Morgan fingerprint density at radius 1 is 0.833 bits per heavy atom. The number of fused-ring (bicyclic) bond motifs is 1. The van der Waals surface area contributed by atoms with Gasteiger partial charge in [0.1, 0.15) is 12.3 Å². The van der Waals surface area contributed by atoms with Gasteiger partial charge in [0.2, 0.25) is 0 Å². The van der Waals surface area contributed by atoms with Gasteiger partial charge in [0.15, 0.2) is 11.0 Å². The van der Waals surface area contributed by atoms with Crippen molar-refractivity contribution in [3.05, 3.63) is 84.4 Å². The lowest BCUT2D eigenvalue weighted by molar-refractivity contribution is -0.651. The van der Waals surface area contributed by atoms with Gasteiger partial charge in [-0.1, -0.05) is 42.5 Å². The molecule has 118 valence electrons.